The van der Waals surface area contributed by atoms with Crippen LogP contribution in [0.1, 0.15) is 48.0 Å². The smallest absolute Gasteiger partial charge is 0.160 e. The Labute approximate surface area is 149 Å². The molecule has 0 fully saturated rings. The van der Waals surface area contributed by atoms with Crippen LogP contribution in [-0.2, 0) is 11.0 Å². The Hall–Kier alpha value is -2.21. The summed E-state index contributed by atoms with van der Waals surface area (Å²) in [6.45, 7) is 9.17. The summed E-state index contributed by atoms with van der Waals surface area (Å²) in [5.74, 6) is -0.764. The van der Waals surface area contributed by atoms with E-state index in [4.69, 9.17) is 0 Å². The van der Waals surface area contributed by atoms with Gasteiger partial charge in [-0.3, -0.25) is 4.79 Å². The summed E-state index contributed by atoms with van der Waals surface area (Å²) in [5.41, 5.74) is 3.07. The zero-order chi connectivity index (χ0) is 18.8. The predicted octanol–water partition coefficient (Wildman–Crippen LogP) is 4.20. The average Bonchev–Trinajstić information content (AvgIpc) is 2.53. The molecule has 1 atom stereocenters. The summed E-state index contributed by atoms with van der Waals surface area (Å²) in [6, 6.07) is 7.20. The van der Waals surface area contributed by atoms with Gasteiger partial charge in [-0.2, -0.15) is 4.40 Å². The Morgan fingerprint density at radius 3 is 2.32 bits per heavy atom. The number of aldehydes is 1. The van der Waals surface area contributed by atoms with Gasteiger partial charge in [0.1, 0.15) is 16.7 Å². The van der Waals surface area contributed by atoms with E-state index in [9.17, 15) is 13.4 Å². The van der Waals surface area contributed by atoms with Crippen molar-refractivity contribution in [2.24, 2.45) is 4.40 Å². The molecular weight excluding hydrogens is 339 g/mol. The Kier molecular flexibility index (Phi) is 5.62. The second-order valence-electron chi connectivity index (χ2n) is 6.78. The molecule has 2 aromatic rings. The number of nitrogens with zero attached hydrogens (tertiary/aromatic N) is 2. The van der Waals surface area contributed by atoms with Gasteiger partial charge in [0.2, 0.25) is 0 Å². The van der Waals surface area contributed by atoms with Gasteiger partial charge in [0.05, 0.1) is 22.2 Å². The van der Waals surface area contributed by atoms with Gasteiger partial charge in [0.25, 0.3) is 0 Å². The molecule has 4 nitrogen and oxygen atoms in total. The molecule has 0 aliphatic rings. The lowest BCUT2D eigenvalue weighted by molar-refractivity contribution is 0.111. The second kappa shape index (κ2) is 7.35. The fourth-order valence-corrected chi connectivity index (χ4v) is 2.86. The van der Waals surface area contributed by atoms with Crippen molar-refractivity contribution in [1.29, 1.82) is 0 Å². The van der Waals surface area contributed by atoms with Crippen LogP contribution < -0.4 is 0 Å². The number of hydrogen-bond acceptors (Lipinski definition) is 3. The molecule has 6 heteroatoms. The lowest BCUT2D eigenvalue weighted by atomic mass is 9.98. The molecule has 0 aliphatic heterocycles. The van der Waals surface area contributed by atoms with Crippen LogP contribution in [-0.4, -0.2) is 26.4 Å². The average molecular weight is 360 g/mol. The number of aryl methyl sites for hydroxylation is 2. The predicted molar refractivity (Wildman–Crippen MR) is 100.0 cm³/mol. The number of benzene rings is 1. The summed E-state index contributed by atoms with van der Waals surface area (Å²) in [4.78, 5) is 15.6. The third-order valence-electron chi connectivity index (χ3n) is 3.67. The van der Waals surface area contributed by atoms with E-state index in [1.54, 1.807) is 20.8 Å². The van der Waals surface area contributed by atoms with Gasteiger partial charge in [-0.05, 0) is 51.8 Å². The number of rotatable bonds is 4. The van der Waals surface area contributed by atoms with E-state index in [0.29, 0.717) is 12.0 Å². The first-order valence-corrected chi connectivity index (χ1v) is 8.94. The van der Waals surface area contributed by atoms with Crippen molar-refractivity contribution in [3.05, 3.63) is 52.5 Å². The minimum Gasteiger partial charge on any atom is -0.298 e. The number of carbonyl (C=O) groups excluding carboxylic acids is 1. The summed E-state index contributed by atoms with van der Waals surface area (Å²) < 4.78 is 29.8. The summed E-state index contributed by atoms with van der Waals surface area (Å²) in [5, 5.41) is 0. The molecule has 25 heavy (non-hydrogen) atoms. The molecule has 1 unspecified atom stereocenters. The van der Waals surface area contributed by atoms with Crippen LogP contribution in [0, 0.1) is 19.7 Å². The zero-order valence-corrected chi connectivity index (χ0v) is 15.8. The van der Waals surface area contributed by atoms with Gasteiger partial charge >= 0.3 is 0 Å². The normalized spacial score (nSPS) is 13.2. The first kappa shape index (κ1) is 19.1. The van der Waals surface area contributed by atoms with E-state index in [2.05, 4.69) is 9.38 Å². The molecule has 0 N–H and O–H groups in total. The molecule has 1 heterocycles. The van der Waals surface area contributed by atoms with Crippen LogP contribution in [0.4, 0.5) is 4.39 Å². The van der Waals surface area contributed by atoms with E-state index < -0.39 is 21.5 Å². The lowest BCUT2D eigenvalue weighted by Crippen LogP contribution is -2.19. The zero-order valence-electron chi connectivity index (χ0n) is 15.0. The number of carbonyl (C=O) groups is 1. The molecule has 132 valence electrons. The van der Waals surface area contributed by atoms with Crippen molar-refractivity contribution in [1.82, 2.24) is 4.98 Å². The molecule has 0 amide bonds. The van der Waals surface area contributed by atoms with Gasteiger partial charge in [-0.25, -0.2) is 13.6 Å². The molecule has 0 radical (unpaired) electrons. The van der Waals surface area contributed by atoms with E-state index in [0.717, 1.165) is 22.9 Å². The van der Waals surface area contributed by atoms with Gasteiger partial charge in [-0.15, -0.1) is 0 Å². The highest BCUT2D eigenvalue weighted by Crippen LogP contribution is 2.27. The molecule has 0 aliphatic carbocycles. The molecule has 2 rings (SSSR count). The molecular formula is C19H21FN2O2S. The van der Waals surface area contributed by atoms with Gasteiger partial charge in [0, 0.05) is 5.56 Å². The minimum absolute atomic E-state index is 0.0974. The van der Waals surface area contributed by atoms with Crippen molar-refractivity contribution in [2.75, 3.05) is 0 Å². The third kappa shape index (κ3) is 4.25. The van der Waals surface area contributed by atoms with Crippen LogP contribution >= 0.6 is 0 Å². The minimum atomic E-state index is -1.54. The molecule has 0 spiro atoms. The van der Waals surface area contributed by atoms with Gasteiger partial charge in [0.15, 0.2) is 12.1 Å². The SMILES string of the molecule is Cc1cccc(C)c1-c1cc(C=O)c(F)c(/C=N\S(=O)C(C)(C)C)n1. The van der Waals surface area contributed by atoms with E-state index in [1.807, 2.05) is 32.0 Å². The topological polar surface area (TPSA) is 59.4 Å². The molecule has 1 aromatic heterocycles. The highest BCUT2D eigenvalue weighted by molar-refractivity contribution is 7.85. The fourth-order valence-electron chi connectivity index (χ4n) is 2.34. The van der Waals surface area contributed by atoms with E-state index >= 15 is 0 Å². The molecule has 0 saturated heterocycles. The van der Waals surface area contributed by atoms with Crippen molar-refractivity contribution >= 4 is 23.5 Å². The Morgan fingerprint density at radius 1 is 1.20 bits per heavy atom. The summed E-state index contributed by atoms with van der Waals surface area (Å²) in [7, 11) is -1.54. The number of aromatic nitrogens is 1. The maximum atomic E-state index is 14.4. The maximum Gasteiger partial charge on any atom is 0.160 e. The molecule has 0 saturated carbocycles. The Bertz CT molecular complexity index is 850. The Balaban J connectivity index is 2.61. The van der Waals surface area contributed by atoms with Crippen LogP contribution in [0.3, 0.4) is 0 Å². The quantitative estimate of drug-likeness (QED) is 0.606. The first-order valence-electron chi connectivity index (χ1n) is 7.83. The number of pyridine rings is 1. The van der Waals surface area contributed by atoms with Crippen molar-refractivity contribution in [2.45, 2.75) is 39.4 Å². The largest absolute Gasteiger partial charge is 0.298 e. The molecule has 1 aromatic carbocycles. The third-order valence-corrected chi connectivity index (χ3v) is 5.01. The van der Waals surface area contributed by atoms with E-state index in [1.165, 1.54) is 6.07 Å². The highest BCUT2D eigenvalue weighted by Gasteiger charge is 2.19. The maximum absolute atomic E-state index is 14.4. The van der Waals surface area contributed by atoms with Gasteiger partial charge < -0.3 is 0 Å². The van der Waals surface area contributed by atoms with Gasteiger partial charge in [-0.1, -0.05) is 18.2 Å². The first-order chi connectivity index (χ1) is 11.6. The monoisotopic (exact) mass is 360 g/mol. The second-order valence-corrected chi connectivity index (χ2v) is 8.71. The number of hydrogen-bond donors (Lipinski definition) is 0. The van der Waals surface area contributed by atoms with Crippen molar-refractivity contribution < 1.29 is 13.4 Å². The van der Waals surface area contributed by atoms with Crippen molar-refractivity contribution in [3.63, 3.8) is 0 Å². The van der Waals surface area contributed by atoms with Crippen LogP contribution in [0.15, 0.2) is 28.7 Å². The summed E-state index contributed by atoms with van der Waals surface area (Å²) >= 11 is 0. The molecule has 0 bridgehead atoms. The Morgan fingerprint density at radius 2 is 1.80 bits per heavy atom. The highest BCUT2D eigenvalue weighted by atomic mass is 32.2. The van der Waals surface area contributed by atoms with Crippen LogP contribution in [0.25, 0.3) is 11.3 Å². The van der Waals surface area contributed by atoms with Crippen LogP contribution in [0.2, 0.25) is 0 Å². The van der Waals surface area contributed by atoms with Crippen LogP contribution in [0.5, 0.6) is 0 Å². The van der Waals surface area contributed by atoms with E-state index in [-0.39, 0.29) is 11.3 Å². The van der Waals surface area contributed by atoms with Crippen molar-refractivity contribution in [3.8, 4) is 11.3 Å². The number of halogens is 1. The summed E-state index contributed by atoms with van der Waals surface area (Å²) in [6.07, 6.45) is 1.59. The fraction of sp³-hybridized carbons (Fsp3) is 0.316. The standard InChI is InChI=1S/C19H21FN2O2S/c1-12-7-6-8-13(2)17(12)15-9-14(11-23)18(20)16(22-15)10-21-25(24)19(3,4)5/h6-11H,1-5H3/b21-10-. The lowest BCUT2D eigenvalue weighted by Gasteiger charge is -2.13.